The number of ether oxygens (including phenoxy) is 1. The zero-order chi connectivity index (χ0) is 19.0. The molecule has 5 rings (SSSR count). The molecule has 1 spiro atoms. The number of hydrogen-bond acceptors (Lipinski definition) is 5. The number of fused-ring (bicyclic) bond motifs is 1. The summed E-state index contributed by atoms with van der Waals surface area (Å²) < 4.78 is 5.49. The summed E-state index contributed by atoms with van der Waals surface area (Å²) in [6.07, 6.45) is 4.66. The molecule has 144 valence electrons. The van der Waals surface area contributed by atoms with Crippen LogP contribution in [-0.2, 0) is 4.74 Å². The third-order valence-electron chi connectivity index (χ3n) is 5.91. The normalized spacial score (nSPS) is 22.0. The lowest BCUT2D eigenvalue weighted by Gasteiger charge is -2.58. The van der Waals surface area contributed by atoms with Crippen molar-refractivity contribution in [3.8, 4) is 0 Å². The highest BCUT2D eigenvalue weighted by Gasteiger charge is 2.55. The standard InChI is InChI=1S/C20H24ClN3O2S/c1-19(2,3)26-18(25)24-9-20(10-24)7-12(8-20)16-15(11-4-5-11)13-6-14(21)22-23-17(13)27-16/h6,11-12H,4-5,7-10H2,1-3H3. The van der Waals surface area contributed by atoms with Gasteiger partial charge in [0.15, 0.2) is 5.15 Å². The highest BCUT2D eigenvalue weighted by Crippen LogP contribution is 2.60. The van der Waals surface area contributed by atoms with Crippen LogP contribution in [0.5, 0.6) is 0 Å². The van der Waals surface area contributed by atoms with Crippen LogP contribution in [0.25, 0.3) is 10.2 Å². The number of nitrogens with zero attached hydrogens (tertiary/aromatic N) is 3. The Morgan fingerprint density at radius 2 is 1.96 bits per heavy atom. The molecular weight excluding hydrogens is 382 g/mol. The van der Waals surface area contributed by atoms with Gasteiger partial charge in [-0.3, -0.25) is 0 Å². The van der Waals surface area contributed by atoms with E-state index in [0.29, 0.717) is 22.4 Å². The summed E-state index contributed by atoms with van der Waals surface area (Å²) in [4.78, 5) is 16.6. The Balaban J connectivity index is 1.30. The monoisotopic (exact) mass is 405 g/mol. The van der Waals surface area contributed by atoms with E-state index in [4.69, 9.17) is 16.3 Å². The van der Waals surface area contributed by atoms with Crippen LogP contribution in [0.3, 0.4) is 0 Å². The van der Waals surface area contributed by atoms with Gasteiger partial charge in [-0.1, -0.05) is 11.6 Å². The molecule has 1 aliphatic heterocycles. The number of amides is 1. The van der Waals surface area contributed by atoms with Gasteiger partial charge in [-0.15, -0.1) is 21.5 Å². The number of carbonyl (C=O) groups excluding carboxylic acids is 1. The summed E-state index contributed by atoms with van der Waals surface area (Å²) >= 11 is 7.90. The van der Waals surface area contributed by atoms with Crippen molar-refractivity contribution in [2.75, 3.05) is 13.1 Å². The number of hydrogen-bond donors (Lipinski definition) is 0. The zero-order valence-corrected chi connectivity index (χ0v) is 17.5. The summed E-state index contributed by atoms with van der Waals surface area (Å²) in [5.41, 5.74) is 1.34. The zero-order valence-electron chi connectivity index (χ0n) is 15.9. The first-order chi connectivity index (χ1) is 12.7. The molecule has 2 saturated carbocycles. The van der Waals surface area contributed by atoms with Gasteiger partial charge in [-0.25, -0.2) is 4.79 Å². The van der Waals surface area contributed by atoms with E-state index in [1.807, 2.05) is 31.7 Å². The van der Waals surface area contributed by atoms with Crippen LogP contribution in [0, 0.1) is 5.41 Å². The van der Waals surface area contributed by atoms with E-state index >= 15 is 0 Å². The van der Waals surface area contributed by atoms with E-state index in [9.17, 15) is 4.79 Å². The lowest BCUT2D eigenvalue weighted by atomic mass is 9.57. The van der Waals surface area contributed by atoms with E-state index in [1.54, 1.807) is 11.3 Å². The Hall–Kier alpha value is -1.40. The van der Waals surface area contributed by atoms with Crippen LogP contribution >= 0.6 is 22.9 Å². The number of rotatable bonds is 2. The van der Waals surface area contributed by atoms with Gasteiger partial charge < -0.3 is 9.64 Å². The van der Waals surface area contributed by atoms with Gasteiger partial charge in [-0.2, -0.15) is 0 Å². The predicted molar refractivity (Wildman–Crippen MR) is 107 cm³/mol. The smallest absolute Gasteiger partial charge is 0.410 e. The molecule has 3 fully saturated rings. The van der Waals surface area contributed by atoms with Gasteiger partial charge in [-0.05, 0) is 69.9 Å². The van der Waals surface area contributed by atoms with Crippen molar-refractivity contribution in [2.45, 2.75) is 63.9 Å². The second-order valence-electron chi connectivity index (χ2n) is 9.48. The first kappa shape index (κ1) is 17.7. The quantitative estimate of drug-likeness (QED) is 0.676. The van der Waals surface area contributed by atoms with Crippen molar-refractivity contribution in [1.29, 1.82) is 0 Å². The van der Waals surface area contributed by atoms with Crippen LogP contribution < -0.4 is 0 Å². The van der Waals surface area contributed by atoms with Gasteiger partial charge in [0.2, 0.25) is 0 Å². The Morgan fingerprint density at radius 3 is 2.59 bits per heavy atom. The largest absolute Gasteiger partial charge is 0.444 e. The minimum atomic E-state index is -0.430. The summed E-state index contributed by atoms with van der Waals surface area (Å²) in [5.74, 6) is 1.25. The molecule has 2 aromatic rings. The van der Waals surface area contributed by atoms with E-state index in [1.165, 1.54) is 28.7 Å². The van der Waals surface area contributed by atoms with Crippen molar-refractivity contribution in [1.82, 2.24) is 15.1 Å². The lowest BCUT2D eigenvalue weighted by Crippen LogP contribution is -2.63. The number of halogens is 1. The molecule has 7 heteroatoms. The fraction of sp³-hybridized carbons (Fsp3) is 0.650. The van der Waals surface area contributed by atoms with Crippen LogP contribution in [0.2, 0.25) is 5.15 Å². The molecule has 27 heavy (non-hydrogen) atoms. The van der Waals surface area contributed by atoms with Crippen molar-refractivity contribution in [3.05, 3.63) is 21.7 Å². The fourth-order valence-corrected chi connectivity index (χ4v) is 6.10. The Bertz CT molecular complexity index is 917. The van der Waals surface area contributed by atoms with Crippen LogP contribution in [-0.4, -0.2) is 39.9 Å². The van der Waals surface area contributed by atoms with Crippen molar-refractivity contribution in [3.63, 3.8) is 0 Å². The van der Waals surface area contributed by atoms with Crippen molar-refractivity contribution < 1.29 is 9.53 Å². The fourth-order valence-electron chi connectivity index (χ4n) is 4.66. The molecule has 3 aliphatic rings. The highest BCUT2D eigenvalue weighted by molar-refractivity contribution is 7.19. The number of carbonyl (C=O) groups is 1. The van der Waals surface area contributed by atoms with Gasteiger partial charge in [0.25, 0.3) is 0 Å². The molecule has 1 amide bonds. The molecule has 0 bridgehead atoms. The van der Waals surface area contributed by atoms with Gasteiger partial charge >= 0.3 is 6.09 Å². The summed E-state index contributed by atoms with van der Waals surface area (Å²) in [7, 11) is 0. The molecule has 0 unspecified atom stereocenters. The number of thiophene rings is 1. The second-order valence-corrected chi connectivity index (χ2v) is 10.9. The maximum atomic E-state index is 12.2. The van der Waals surface area contributed by atoms with E-state index in [0.717, 1.165) is 30.8 Å². The molecule has 0 radical (unpaired) electrons. The summed E-state index contributed by atoms with van der Waals surface area (Å²) in [6, 6.07) is 1.99. The van der Waals surface area contributed by atoms with Crippen LogP contribution in [0.1, 0.15) is 68.7 Å². The van der Waals surface area contributed by atoms with E-state index in [-0.39, 0.29) is 6.09 Å². The lowest BCUT2D eigenvalue weighted by molar-refractivity contribution is -0.0782. The average Bonchev–Trinajstić information content (AvgIpc) is 3.24. The minimum absolute atomic E-state index is 0.179. The minimum Gasteiger partial charge on any atom is -0.444 e. The maximum absolute atomic E-state index is 12.2. The maximum Gasteiger partial charge on any atom is 0.410 e. The van der Waals surface area contributed by atoms with Crippen LogP contribution in [0.4, 0.5) is 4.79 Å². The Morgan fingerprint density at radius 1 is 1.26 bits per heavy atom. The molecule has 3 heterocycles. The topological polar surface area (TPSA) is 55.3 Å². The average molecular weight is 406 g/mol. The van der Waals surface area contributed by atoms with Gasteiger partial charge in [0.05, 0.1) is 0 Å². The molecule has 5 nitrogen and oxygen atoms in total. The van der Waals surface area contributed by atoms with E-state index < -0.39 is 5.60 Å². The van der Waals surface area contributed by atoms with Crippen LogP contribution in [0.15, 0.2) is 6.07 Å². The molecule has 2 aliphatic carbocycles. The molecule has 0 aromatic carbocycles. The second kappa shape index (κ2) is 5.80. The Labute approximate surface area is 168 Å². The SMILES string of the molecule is CC(C)(C)OC(=O)N1CC2(CC(c3sc4nnc(Cl)cc4c3C3CC3)C2)C1. The van der Waals surface area contributed by atoms with Crippen molar-refractivity contribution in [2.24, 2.45) is 5.41 Å². The highest BCUT2D eigenvalue weighted by atomic mass is 35.5. The molecular formula is C20H24ClN3O2S. The predicted octanol–water partition coefficient (Wildman–Crippen LogP) is 5.34. The van der Waals surface area contributed by atoms with Crippen molar-refractivity contribution >= 4 is 39.2 Å². The summed E-state index contributed by atoms with van der Waals surface area (Å²) in [6.45, 7) is 7.39. The first-order valence-corrected chi connectivity index (χ1v) is 10.9. The van der Waals surface area contributed by atoms with Gasteiger partial charge in [0, 0.05) is 28.8 Å². The molecule has 1 saturated heterocycles. The van der Waals surface area contributed by atoms with Gasteiger partial charge in [0.1, 0.15) is 10.4 Å². The number of aromatic nitrogens is 2. The third kappa shape index (κ3) is 3.11. The van der Waals surface area contributed by atoms with E-state index in [2.05, 4.69) is 10.2 Å². The molecule has 2 aromatic heterocycles. The first-order valence-electron chi connectivity index (χ1n) is 9.66. The molecule has 0 N–H and O–H groups in total. The Kier molecular flexibility index (Phi) is 3.80. The number of likely N-dealkylation sites (tertiary alicyclic amines) is 1. The summed E-state index contributed by atoms with van der Waals surface area (Å²) in [5, 5.41) is 10.0. The third-order valence-corrected chi connectivity index (χ3v) is 7.36. The molecule has 0 atom stereocenters.